The Hall–Kier alpha value is -1.47. The van der Waals surface area contributed by atoms with Gasteiger partial charge >= 0.3 is 5.97 Å². The van der Waals surface area contributed by atoms with Crippen LogP contribution in [0.1, 0.15) is 34.8 Å². The van der Waals surface area contributed by atoms with Crippen molar-refractivity contribution in [3.63, 3.8) is 0 Å². The predicted molar refractivity (Wildman–Crippen MR) is 76.1 cm³/mol. The van der Waals surface area contributed by atoms with Crippen LogP contribution in [0.4, 0.5) is 0 Å². The maximum absolute atomic E-state index is 12.4. The molecule has 1 spiro atoms. The second-order valence-electron chi connectivity index (χ2n) is 5.81. The lowest BCUT2D eigenvalue weighted by Crippen LogP contribution is -2.40. The fourth-order valence-corrected chi connectivity index (χ4v) is 3.90. The van der Waals surface area contributed by atoms with Crippen LogP contribution in [0.2, 0.25) is 0 Å². The highest BCUT2D eigenvalue weighted by molar-refractivity contribution is 7.09. The van der Waals surface area contributed by atoms with Gasteiger partial charge in [0.05, 0.1) is 12.5 Å². The molecule has 2 fully saturated rings. The number of aliphatic carboxylic acids is 1. The lowest BCUT2D eigenvalue weighted by molar-refractivity contribution is -0.139. The van der Waals surface area contributed by atoms with Gasteiger partial charge in [-0.1, -0.05) is 0 Å². The predicted octanol–water partition coefficient (Wildman–Crippen LogP) is 1.62. The first-order valence-electron chi connectivity index (χ1n) is 7.01. The highest BCUT2D eigenvalue weighted by Gasteiger charge is 2.59. The normalized spacial score (nSPS) is 23.3. The maximum Gasteiger partial charge on any atom is 0.307 e. The number of carbonyl (C=O) groups is 2. The summed E-state index contributed by atoms with van der Waals surface area (Å²) in [5, 5.41) is 11.6. The van der Waals surface area contributed by atoms with Crippen LogP contribution in [0.5, 0.6) is 0 Å². The van der Waals surface area contributed by atoms with E-state index in [1.165, 1.54) is 11.3 Å². The molecule has 6 nitrogen and oxygen atoms in total. The summed E-state index contributed by atoms with van der Waals surface area (Å²) in [6, 6.07) is 0. The SMILES string of the molecule is COCc1nc(C(=O)N2CCC3(CC2)CC3C(=O)O)cs1. The molecule has 1 aromatic rings. The Morgan fingerprint density at radius 1 is 1.52 bits per heavy atom. The van der Waals surface area contributed by atoms with Gasteiger partial charge < -0.3 is 14.7 Å². The molecule has 1 atom stereocenters. The van der Waals surface area contributed by atoms with Gasteiger partial charge in [-0.2, -0.15) is 0 Å². The number of thiazole rings is 1. The summed E-state index contributed by atoms with van der Waals surface area (Å²) < 4.78 is 5.00. The van der Waals surface area contributed by atoms with E-state index in [9.17, 15) is 9.59 Å². The Balaban J connectivity index is 1.59. The number of nitrogens with zero attached hydrogens (tertiary/aromatic N) is 2. The molecule has 114 valence electrons. The fourth-order valence-electron chi connectivity index (χ4n) is 3.17. The number of carboxylic acid groups (broad SMARTS) is 1. The van der Waals surface area contributed by atoms with E-state index in [1.807, 2.05) is 0 Å². The zero-order chi connectivity index (χ0) is 15.0. The third-order valence-electron chi connectivity index (χ3n) is 4.57. The number of methoxy groups -OCH3 is 1. The highest BCUT2D eigenvalue weighted by atomic mass is 32.1. The van der Waals surface area contributed by atoms with Crippen molar-refractivity contribution in [2.45, 2.75) is 25.9 Å². The number of carbonyl (C=O) groups excluding carboxylic acids is 1. The van der Waals surface area contributed by atoms with Crippen LogP contribution >= 0.6 is 11.3 Å². The molecule has 1 aliphatic carbocycles. The van der Waals surface area contributed by atoms with Crippen LogP contribution < -0.4 is 0 Å². The number of aromatic nitrogens is 1. The number of hydrogen-bond acceptors (Lipinski definition) is 5. The molecule has 1 N–H and O–H groups in total. The molecule has 1 amide bonds. The van der Waals surface area contributed by atoms with E-state index in [0.717, 1.165) is 24.3 Å². The van der Waals surface area contributed by atoms with E-state index in [0.29, 0.717) is 25.4 Å². The number of hydrogen-bond donors (Lipinski definition) is 1. The second-order valence-corrected chi connectivity index (χ2v) is 6.75. The molecule has 1 aromatic heterocycles. The molecule has 2 aliphatic rings. The Morgan fingerprint density at radius 2 is 2.24 bits per heavy atom. The monoisotopic (exact) mass is 310 g/mol. The molecule has 1 saturated heterocycles. The van der Waals surface area contributed by atoms with Crippen molar-refractivity contribution in [2.75, 3.05) is 20.2 Å². The number of ether oxygens (including phenoxy) is 1. The lowest BCUT2D eigenvalue weighted by atomic mass is 9.90. The first-order valence-corrected chi connectivity index (χ1v) is 7.89. The second kappa shape index (κ2) is 5.38. The van der Waals surface area contributed by atoms with Crippen LogP contribution in [-0.2, 0) is 16.1 Å². The highest BCUT2D eigenvalue weighted by Crippen LogP contribution is 2.59. The molecule has 3 rings (SSSR count). The fraction of sp³-hybridized carbons (Fsp3) is 0.643. The van der Waals surface area contributed by atoms with Crippen molar-refractivity contribution in [1.29, 1.82) is 0 Å². The van der Waals surface area contributed by atoms with Gasteiger partial charge in [0, 0.05) is 25.6 Å². The minimum Gasteiger partial charge on any atom is -0.481 e. The molecule has 0 aromatic carbocycles. The van der Waals surface area contributed by atoms with Crippen LogP contribution in [0, 0.1) is 11.3 Å². The van der Waals surface area contributed by atoms with Gasteiger partial charge in [0.1, 0.15) is 10.7 Å². The number of piperidine rings is 1. The van der Waals surface area contributed by atoms with Crippen molar-refractivity contribution in [3.05, 3.63) is 16.1 Å². The first kappa shape index (κ1) is 14.5. The van der Waals surface area contributed by atoms with Crippen molar-refractivity contribution in [2.24, 2.45) is 11.3 Å². The largest absolute Gasteiger partial charge is 0.481 e. The number of amides is 1. The summed E-state index contributed by atoms with van der Waals surface area (Å²) in [4.78, 5) is 29.5. The third kappa shape index (κ3) is 2.67. The van der Waals surface area contributed by atoms with Gasteiger partial charge in [-0.15, -0.1) is 11.3 Å². The van der Waals surface area contributed by atoms with Gasteiger partial charge in [0.2, 0.25) is 0 Å². The third-order valence-corrected chi connectivity index (χ3v) is 5.40. The molecule has 1 saturated carbocycles. The topological polar surface area (TPSA) is 79.7 Å². The quantitative estimate of drug-likeness (QED) is 0.914. The van der Waals surface area contributed by atoms with Crippen molar-refractivity contribution in [1.82, 2.24) is 9.88 Å². The maximum atomic E-state index is 12.4. The molecule has 2 heterocycles. The van der Waals surface area contributed by atoms with Crippen LogP contribution in [0.3, 0.4) is 0 Å². The number of carboxylic acids is 1. The summed E-state index contributed by atoms with van der Waals surface area (Å²) in [5.41, 5.74) is 0.417. The molecular weight excluding hydrogens is 292 g/mol. The molecule has 1 unspecified atom stereocenters. The first-order chi connectivity index (χ1) is 10.1. The van der Waals surface area contributed by atoms with E-state index in [2.05, 4.69) is 4.98 Å². The van der Waals surface area contributed by atoms with Gasteiger partial charge in [-0.3, -0.25) is 9.59 Å². The van der Waals surface area contributed by atoms with E-state index < -0.39 is 5.97 Å². The number of likely N-dealkylation sites (tertiary alicyclic amines) is 1. The van der Waals surface area contributed by atoms with Crippen molar-refractivity contribution < 1.29 is 19.4 Å². The van der Waals surface area contributed by atoms with E-state index in [1.54, 1.807) is 17.4 Å². The van der Waals surface area contributed by atoms with Gasteiger partial charge in [-0.05, 0) is 24.7 Å². The smallest absolute Gasteiger partial charge is 0.307 e. The zero-order valence-corrected chi connectivity index (χ0v) is 12.7. The average molecular weight is 310 g/mol. The molecule has 0 radical (unpaired) electrons. The van der Waals surface area contributed by atoms with Crippen LogP contribution in [0.15, 0.2) is 5.38 Å². The van der Waals surface area contributed by atoms with Crippen molar-refractivity contribution >= 4 is 23.2 Å². The molecule has 7 heteroatoms. The van der Waals surface area contributed by atoms with Crippen LogP contribution in [0.25, 0.3) is 0 Å². The summed E-state index contributed by atoms with van der Waals surface area (Å²) in [5.74, 6) is -0.961. The molecule has 0 bridgehead atoms. The lowest BCUT2D eigenvalue weighted by Gasteiger charge is -2.32. The zero-order valence-electron chi connectivity index (χ0n) is 11.9. The Morgan fingerprint density at radius 3 is 2.81 bits per heavy atom. The minimum atomic E-state index is -0.696. The molecular formula is C14H18N2O4S. The number of rotatable bonds is 4. The van der Waals surface area contributed by atoms with E-state index >= 15 is 0 Å². The summed E-state index contributed by atoms with van der Waals surface area (Å²) in [6.45, 7) is 1.67. The van der Waals surface area contributed by atoms with Gasteiger partial charge in [0.15, 0.2) is 0 Å². The van der Waals surface area contributed by atoms with Crippen molar-refractivity contribution in [3.8, 4) is 0 Å². The molecule has 1 aliphatic heterocycles. The minimum absolute atomic E-state index is 0.0497. The summed E-state index contributed by atoms with van der Waals surface area (Å²) in [6.07, 6.45) is 2.33. The van der Waals surface area contributed by atoms with Gasteiger partial charge in [0.25, 0.3) is 5.91 Å². The summed E-state index contributed by atoms with van der Waals surface area (Å²) in [7, 11) is 1.60. The summed E-state index contributed by atoms with van der Waals surface area (Å²) >= 11 is 1.42. The molecule has 21 heavy (non-hydrogen) atoms. The standard InChI is InChI=1S/C14H18N2O4S/c1-20-7-11-15-10(8-21-11)12(17)16-4-2-14(3-5-16)6-9(14)13(18)19/h8-9H,2-7H2,1H3,(H,18,19). The van der Waals surface area contributed by atoms with Gasteiger partial charge in [-0.25, -0.2) is 4.98 Å². The van der Waals surface area contributed by atoms with E-state index in [-0.39, 0.29) is 17.2 Å². The van der Waals surface area contributed by atoms with E-state index in [4.69, 9.17) is 9.84 Å². The Labute approximate surface area is 126 Å². The Kier molecular flexibility index (Phi) is 3.71. The Bertz CT molecular complexity index is 563. The van der Waals surface area contributed by atoms with Crippen LogP contribution in [-0.4, -0.2) is 47.1 Å². The average Bonchev–Trinajstić information content (AvgIpc) is 2.97.